The van der Waals surface area contributed by atoms with Gasteiger partial charge in [0, 0.05) is 5.69 Å². The number of carbonyl (C=O) groups is 4. The summed E-state index contributed by atoms with van der Waals surface area (Å²) in [6.07, 6.45) is 46.9. The summed E-state index contributed by atoms with van der Waals surface area (Å²) in [5.74, 6) is -4.21. The summed E-state index contributed by atoms with van der Waals surface area (Å²) in [6, 6.07) is 8.99. The van der Waals surface area contributed by atoms with Crippen molar-refractivity contribution in [2.75, 3.05) is 46.7 Å². The van der Waals surface area contributed by atoms with Gasteiger partial charge in [0.15, 0.2) is 0 Å². The number of benzene rings is 2. The van der Waals surface area contributed by atoms with Crippen molar-refractivity contribution in [3.63, 3.8) is 0 Å². The molecule has 0 fully saturated rings. The van der Waals surface area contributed by atoms with Crippen LogP contribution in [-0.4, -0.2) is 74.8 Å². The molecule has 12 nitrogen and oxygen atoms in total. The largest absolute Gasteiger partial charge is 0.874 e. The summed E-state index contributed by atoms with van der Waals surface area (Å²) in [4.78, 5) is 47.0. The number of amides is 1. The Bertz CT molecular complexity index is 1720. The van der Waals surface area contributed by atoms with E-state index in [2.05, 4.69) is 53.0 Å². The number of carboxylic acid groups (broad SMARTS) is 1. The zero-order valence-corrected chi connectivity index (χ0v) is 45.7. The minimum absolute atomic E-state index is 0.00865. The highest BCUT2D eigenvalue weighted by Crippen LogP contribution is 2.23. The van der Waals surface area contributed by atoms with Gasteiger partial charge in [0.05, 0.1) is 63.8 Å². The Morgan fingerprint density at radius 2 is 0.845 bits per heavy atom. The minimum Gasteiger partial charge on any atom is -0.874 e. The number of carbonyl (C=O) groups excluding carboxylic acids is 3. The number of nitrogens with one attached hydrogen (secondary N) is 1. The van der Waals surface area contributed by atoms with E-state index in [4.69, 9.17) is 5.11 Å². The molecule has 0 aliphatic carbocycles. The molecule has 2 N–H and O–H groups in total. The number of nitrogens with zero attached hydrogens (tertiary/aromatic N) is 3. The average Bonchev–Trinajstić information content (AvgIpc) is 3.35. The first kappa shape index (κ1) is 64.4. The second-order valence-corrected chi connectivity index (χ2v) is 20.2. The highest BCUT2D eigenvalue weighted by Gasteiger charge is 2.16. The highest BCUT2D eigenvalue weighted by atomic mass is 16.5. The van der Waals surface area contributed by atoms with Crippen LogP contribution < -0.4 is 10.4 Å². The Morgan fingerprint density at radius 1 is 0.521 bits per heavy atom. The smallest absolute Gasteiger partial charge is 0.337 e. The van der Waals surface area contributed by atoms with Crippen molar-refractivity contribution in [2.24, 2.45) is 10.2 Å². The van der Waals surface area contributed by atoms with Gasteiger partial charge in [0.1, 0.15) is 5.70 Å². The molecule has 0 aromatic heterocycles. The van der Waals surface area contributed by atoms with Crippen molar-refractivity contribution in [3.8, 4) is 0 Å². The van der Waals surface area contributed by atoms with Crippen LogP contribution in [0.5, 0.6) is 0 Å². The van der Waals surface area contributed by atoms with Crippen LogP contribution in [0.25, 0.3) is 0 Å². The monoisotopic (exact) mass is 991 g/mol. The molecule has 2 aromatic carbocycles. The summed E-state index contributed by atoms with van der Waals surface area (Å²) in [6.45, 7) is 8.49. The maximum atomic E-state index is 12.4. The van der Waals surface area contributed by atoms with Gasteiger partial charge in [-0.1, -0.05) is 201 Å². The van der Waals surface area contributed by atoms with Gasteiger partial charge in [-0.15, -0.1) is 10.9 Å². The molecule has 0 unspecified atom stereocenters. The summed E-state index contributed by atoms with van der Waals surface area (Å²) >= 11 is 0. The number of aromatic carboxylic acids is 1. The molecule has 0 radical (unpaired) electrons. The highest BCUT2D eigenvalue weighted by molar-refractivity contribution is 6.04. The summed E-state index contributed by atoms with van der Waals surface area (Å²) in [5.41, 5.74) is -0.352. The lowest BCUT2D eigenvalue weighted by Crippen LogP contribution is -2.41. The lowest BCUT2D eigenvalue weighted by atomic mass is 10.0. The molecular formula is C59H98N4O8. The number of allylic oxidation sites excluding steroid dienone is 1. The Hall–Kier alpha value is -4.58. The van der Waals surface area contributed by atoms with Crippen molar-refractivity contribution >= 4 is 35.2 Å². The Kier molecular flexibility index (Phi) is 38.1. The first-order valence-electron chi connectivity index (χ1n) is 27.9. The predicted octanol–water partition coefficient (Wildman–Crippen LogP) is 15.9. The van der Waals surface area contributed by atoms with Gasteiger partial charge in [-0.05, 0) is 68.1 Å². The van der Waals surface area contributed by atoms with Gasteiger partial charge in [-0.3, -0.25) is 4.79 Å². The fourth-order valence-corrected chi connectivity index (χ4v) is 8.70. The minimum atomic E-state index is -1.13. The number of azo groups is 1. The molecule has 0 bridgehead atoms. The normalized spacial score (nSPS) is 11.8. The molecule has 0 saturated heterocycles. The number of methoxy groups -OCH3 is 2. The fourth-order valence-electron chi connectivity index (χ4n) is 8.70. The Labute approximate surface area is 430 Å². The van der Waals surface area contributed by atoms with Crippen LogP contribution in [0.2, 0.25) is 0 Å². The van der Waals surface area contributed by atoms with E-state index in [-0.39, 0.29) is 28.1 Å². The first-order chi connectivity index (χ1) is 34.3. The maximum absolute atomic E-state index is 12.4. The second kappa shape index (κ2) is 42.0. The zero-order chi connectivity index (χ0) is 52.4. The van der Waals surface area contributed by atoms with Gasteiger partial charge in [0.2, 0.25) is 0 Å². The van der Waals surface area contributed by atoms with Gasteiger partial charge in [0.25, 0.3) is 5.91 Å². The van der Waals surface area contributed by atoms with Crippen molar-refractivity contribution in [2.45, 2.75) is 226 Å². The number of hydrogen-bond acceptors (Lipinski definition) is 9. The molecule has 12 heteroatoms. The van der Waals surface area contributed by atoms with E-state index in [1.54, 1.807) is 0 Å². The molecule has 0 heterocycles. The standard InChI is InChI=1S/C38H80N.C21H19N3O8/c1-5-7-9-11-13-15-17-19-21-23-25-27-29-31-33-35-37-39(3,4)38-36-34-32-30-28-26-24-22-20-18-16-14-12-10-8-6-2;1-11(25)17(18(26)22-15-6-4-12(5-7-15)19(27)28)24-23-16-9-13(20(29)31-2)8-14(10-16)21(30)32-3/h5-38H2,1-4H3;4-10,25H,1-3H3,(H,22,26)(H,27,28)/q+1;/p-1. The van der Waals surface area contributed by atoms with E-state index < -0.39 is 35.3 Å². The van der Waals surface area contributed by atoms with E-state index >= 15 is 0 Å². The molecule has 71 heavy (non-hydrogen) atoms. The fraction of sp³-hybridized carbons (Fsp3) is 0.695. The SMILES string of the molecule is CCCCCCCCCCCCCCCCCC[N+](C)(C)CCCCCCCCCCCCCCCCCC.COC(=O)c1cc(N=NC(C(=O)Nc2ccc(C(=O)O)cc2)=C(C)[O-])cc(C(=O)OC)c1. The summed E-state index contributed by atoms with van der Waals surface area (Å²) in [7, 11) is 7.25. The van der Waals surface area contributed by atoms with Crippen LogP contribution >= 0.6 is 0 Å². The van der Waals surface area contributed by atoms with Crippen molar-refractivity contribution in [1.29, 1.82) is 0 Å². The van der Waals surface area contributed by atoms with Gasteiger partial charge in [-0.25, -0.2) is 14.4 Å². The maximum Gasteiger partial charge on any atom is 0.337 e. The number of unbranched alkanes of at least 4 members (excludes halogenated alkanes) is 30. The Morgan fingerprint density at radius 3 is 1.14 bits per heavy atom. The Balaban J connectivity index is 0.000000722. The first-order valence-corrected chi connectivity index (χ1v) is 27.9. The number of hydrogen-bond donors (Lipinski definition) is 2. The average molecular weight is 991 g/mol. The van der Waals surface area contributed by atoms with E-state index in [0.29, 0.717) is 0 Å². The van der Waals surface area contributed by atoms with Crippen LogP contribution in [0.4, 0.5) is 11.4 Å². The van der Waals surface area contributed by atoms with Crippen molar-refractivity contribution in [1.82, 2.24) is 0 Å². The van der Waals surface area contributed by atoms with E-state index in [1.165, 1.54) is 266 Å². The quantitative estimate of drug-likeness (QED) is 0.0166. The van der Waals surface area contributed by atoms with Gasteiger partial charge >= 0.3 is 17.9 Å². The molecule has 402 valence electrons. The van der Waals surface area contributed by atoms with Crippen LogP contribution in [0.3, 0.4) is 0 Å². The van der Waals surface area contributed by atoms with Crippen molar-refractivity contribution < 1.29 is 43.3 Å². The third-order valence-corrected chi connectivity index (χ3v) is 13.2. The molecule has 0 aliphatic heterocycles. The van der Waals surface area contributed by atoms with Crippen molar-refractivity contribution in [3.05, 3.63) is 70.6 Å². The molecule has 0 atom stereocenters. The number of anilines is 1. The van der Waals surface area contributed by atoms with Gasteiger partial charge < -0.3 is 29.5 Å². The topological polar surface area (TPSA) is 167 Å². The molecule has 0 spiro atoms. The number of quaternary nitrogens is 1. The number of rotatable bonds is 41. The molecule has 0 aliphatic rings. The lowest BCUT2D eigenvalue weighted by Gasteiger charge is -2.30. The molecule has 1 amide bonds. The molecule has 0 saturated carbocycles. The predicted molar refractivity (Wildman–Crippen MR) is 289 cm³/mol. The second-order valence-electron chi connectivity index (χ2n) is 20.2. The third kappa shape index (κ3) is 33.7. The number of carboxylic acids is 1. The molecule has 2 rings (SSSR count). The number of esters is 2. The van der Waals surface area contributed by atoms with Crippen LogP contribution in [0.1, 0.15) is 257 Å². The van der Waals surface area contributed by atoms with E-state index in [0.717, 1.165) is 21.1 Å². The zero-order valence-electron chi connectivity index (χ0n) is 45.7. The lowest BCUT2D eigenvalue weighted by molar-refractivity contribution is -0.890. The molecular weight excluding hydrogens is 893 g/mol. The summed E-state index contributed by atoms with van der Waals surface area (Å²) < 4.78 is 10.5. The van der Waals surface area contributed by atoms with Crippen LogP contribution in [0.15, 0.2) is 64.1 Å². The third-order valence-electron chi connectivity index (χ3n) is 13.2. The van der Waals surface area contributed by atoms with Crippen LogP contribution in [0, 0.1) is 0 Å². The number of ether oxygens (including phenoxy) is 2. The van der Waals surface area contributed by atoms with E-state index in [9.17, 15) is 24.3 Å². The van der Waals surface area contributed by atoms with E-state index in [1.807, 2.05) is 0 Å². The summed E-state index contributed by atoms with van der Waals surface area (Å²) in [5, 5.41) is 30.7. The van der Waals surface area contributed by atoms with Crippen LogP contribution in [-0.2, 0) is 14.3 Å². The van der Waals surface area contributed by atoms with Gasteiger partial charge in [-0.2, -0.15) is 5.11 Å². The molecule has 2 aromatic rings.